The highest BCUT2D eigenvalue weighted by molar-refractivity contribution is 5.92. The maximum atomic E-state index is 12.2. The van der Waals surface area contributed by atoms with Crippen LogP contribution in [0, 0.1) is 0 Å². The number of carboxylic acids is 1. The summed E-state index contributed by atoms with van der Waals surface area (Å²) >= 11 is 0. The van der Waals surface area contributed by atoms with Crippen molar-refractivity contribution in [1.82, 2.24) is 4.98 Å². The van der Waals surface area contributed by atoms with Crippen LogP contribution in [0.1, 0.15) is 23.8 Å². The summed E-state index contributed by atoms with van der Waals surface area (Å²) in [4.78, 5) is 38.0. The molecule has 0 unspecified atom stereocenters. The molecule has 1 heterocycles. The molecular weight excluding hydrogens is 290 g/mol. The van der Waals surface area contributed by atoms with Crippen LogP contribution < -0.4 is 20.3 Å². The van der Waals surface area contributed by atoms with Crippen LogP contribution in [0.25, 0.3) is 10.9 Å². The number of ether oxygens (including phenoxy) is 2. The minimum absolute atomic E-state index is 0.00311. The van der Waals surface area contributed by atoms with Crippen LogP contribution in [0.15, 0.2) is 27.8 Å². The molecule has 116 valence electrons. The van der Waals surface area contributed by atoms with Gasteiger partial charge in [0.2, 0.25) is 11.2 Å². The van der Waals surface area contributed by atoms with Crippen molar-refractivity contribution in [3.8, 4) is 11.5 Å². The summed E-state index contributed by atoms with van der Waals surface area (Å²) in [5.74, 6) is -1.33. The molecule has 0 atom stereocenters. The molecular formula is C15H15NO6. The van der Waals surface area contributed by atoms with Crippen LogP contribution in [0.4, 0.5) is 0 Å². The molecule has 2 rings (SSSR count). The number of hydrogen-bond donors (Lipinski definition) is 2. The van der Waals surface area contributed by atoms with Crippen molar-refractivity contribution in [3.05, 3.63) is 44.3 Å². The highest BCUT2D eigenvalue weighted by Gasteiger charge is 2.17. The van der Waals surface area contributed by atoms with Gasteiger partial charge in [0.15, 0.2) is 11.2 Å². The van der Waals surface area contributed by atoms with Gasteiger partial charge in [-0.2, -0.15) is 0 Å². The van der Waals surface area contributed by atoms with Gasteiger partial charge < -0.3 is 19.6 Å². The predicted molar refractivity (Wildman–Crippen MR) is 80.1 cm³/mol. The quantitative estimate of drug-likeness (QED) is 0.864. The molecule has 0 saturated carbocycles. The van der Waals surface area contributed by atoms with E-state index in [1.165, 1.54) is 19.2 Å². The lowest BCUT2D eigenvalue weighted by atomic mass is 10.2. The second-order valence-corrected chi connectivity index (χ2v) is 4.55. The summed E-state index contributed by atoms with van der Waals surface area (Å²) in [5, 5.41) is 9.07. The lowest BCUT2D eigenvalue weighted by molar-refractivity contribution is 0.0691. The number of H-pyrrole nitrogens is 1. The smallest absolute Gasteiger partial charge is 0.352 e. The number of rotatable bonds is 5. The van der Waals surface area contributed by atoms with E-state index in [9.17, 15) is 14.4 Å². The molecule has 0 saturated heterocycles. The molecule has 22 heavy (non-hydrogen) atoms. The molecule has 0 aliphatic heterocycles. The monoisotopic (exact) mass is 305 g/mol. The highest BCUT2D eigenvalue weighted by atomic mass is 16.5. The number of nitrogens with one attached hydrogen (secondary N) is 1. The van der Waals surface area contributed by atoms with Gasteiger partial charge in [-0.05, 0) is 18.6 Å². The van der Waals surface area contributed by atoms with Crippen molar-refractivity contribution >= 4 is 16.9 Å². The number of pyridine rings is 1. The SMILES string of the molecule is CCCOc1c(OC)c2c(=O)cc(C(=O)O)[nH]c2ccc1=O. The van der Waals surface area contributed by atoms with E-state index in [-0.39, 0.29) is 28.1 Å². The lowest BCUT2D eigenvalue weighted by Crippen LogP contribution is -2.11. The van der Waals surface area contributed by atoms with Gasteiger partial charge in [0.1, 0.15) is 5.69 Å². The van der Waals surface area contributed by atoms with Gasteiger partial charge in [0.25, 0.3) is 0 Å². The second-order valence-electron chi connectivity index (χ2n) is 4.55. The van der Waals surface area contributed by atoms with Gasteiger partial charge in [0, 0.05) is 6.07 Å². The second kappa shape index (κ2) is 6.30. The van der Waals surface area contributed by atoms with Gasteiger partial charge in [-0.25, -0.2) is 4.79 Å². The Balaban J connectivity index is 2.91. The molecule has 0 bridgehead atoms. The number of aromatic amines is 1. The molecule has 0 amide bonds. The Hall–Kier alpha value is -2.83. The van der Waals surface area contributed by atoms with Crippen LogP contribution in [0.3, 0.4) is 0 Å². The molecule has 1 aromatic carbocycles. The number of aromatic nitrogens is 1. The van der Waals surface area contributed by atoms with E-state index in [1.807, 2.05) is 6.92 Å². The van der Waals surface area contributed by atoms with E-state index in [0.29, 0.717) is 13.0 Å². The minimum Gasteiger partial charge on any atom is -0.492 e. The average molecular weight is 305 g/mol. The Labute approximate surface area is 125 Å². The summed E-state index contributed by atoms with van der Waals surface area (Å²) in [6, 6.07) is 3.49. The maximum absolute atomic E-state index is 12.2. The first kappa shape index (κ1) is 15.6. The molecule has 0 radical (unpaired) electrons. The molecule has 0 aliphatic rings. The number of aromatic carboxylic acids is 1. The predicted octanol–water partition coefficient (Wildman–Crippen LogP) is 1.38. The molecule has 1 aromatic heterocycles. The Morgan fingerprint density at radius 2 is 1.95 bits per heavy atom. The van der Waals surface area contributed by atoms with Crippen LogP contribution in [0.2, 0.25) is 0 Å². The zero-order valence-electron chi connectivity index (χ0n) is 12.1. The van der Waals surface area contributed by atoms with E-state index in [0.717, 1.165) is 6.07 Å². The van der Waals surface area contributed by atoms with Crippen molar-refractivity contribution < 1.29 is 19.4 Å². The van der Waals surface area contributed by atoms with Crippen molar-refractivity contribution in [3.63, 3.8) is 0 Å². The molecule has 2 N–H and O–H groups in total. The Kier molecular flexibility index (Phi) is 4.45. The van der Waals surface area contributed by atoms with Gasteiger partial charge >= 0.3 is 5.97 Å². The van der Waals surface area contributed by atoms with Crippen LogP contribution in [-0.2, 0) is 0 Å². The van der Waals surface area contributed by atoms with Gasteiger partial charge in [-0.1, -0.05) is 6.92 Å². The van der Waals surface area contributed by atoms with E-state index in [2.05, 4.69) is 4.98 Å². The Morgan fingerprint density at radius 3 is 2.55 bits per heavy atom. The van der Waals surface area contributed by atoms with Crippen LogP contribution in [-0.4, -0.2) is 29.8 Å². The number of carboxylic acid groups (broad SMARTS) is 1. The number of hydrogen-bond acceptors (Lipinski definition) is 5. The Bertz CT molecular complexity index is 840. The van der Waals surface area contributed by atoms with Crippen molar-refractivity contribution in [2.75, 3.05) is 13.7 Å². The van der Waals surface area contributed by atoms with Gasteiger partial charge in [-0.3, -0.25) is 9.59 Å². The standard InChI is InChI=1S/C15H15NO6/c1-3-6-22-13-10(17)5-4-8-12(14(13)21-2)11(18)7-9(16-8)15(19)20/h4-5,7H,3,6H2,1-2H3,(H,16,18)(H,19,20). The molecule has 0 spiro atoms. The fourth-order valence-electron chi connectivity index (χ4n) is 2.05. The van der Waals surface area contributed by atoms with E-state index in [4.69, 9.17) is 14.6 Å². The topological polar surface area (TPSA) is 106 Å². The number of carbonyl (C=O) groups is 1. The minimum atomic E-state index is -1.27. The number of fused-ring (bicyclic) bond motifs is 1. The van der Waals surface area contributed by atoms with Gasteiger partial charge in [-0.15, -0.1) is 0 Å². The molecule has 0 fully saturated rings. The van der Waals surface area contributed by atoms with Crippen LogP contribution >= 0.6 is 0 Å². The van der Waals surface area contributed by atoms with Crippen molar-refractivity contribution in [1.29, 1.82) is 0 Å². The summed E-state index contributed by atoms with van der Waals surface area (Å²) in [6.45, 7) is 2.17. The summed E-state index contributed by atoms with van der Waals surface area (Å²) in [6.07, 6.45) is 0.679. The Morgan fingerprint density at radius 1 is 1.23 bits per heavy atom. The summed E-state index contributed by atoms with van der Waals surface area (Å²) < 4.78 is 10.6. The molecule has 0 aliphatic carbocycles. The largest absolute Gasteiger partial charge is 0.492 e. The summed E-state index contributed by atoms with van der Waals surface area (Å²) in [5.41, 5.74) is -1.11. The van der Waals surface area contributed by atoms with E-state index >= 15 is 0 Å². The normalized spacial score (nSPS) is 10.5. The zero-order valence-corrected chi connectivity index (χ0v) is 12.1. The molecule has 7 heteroatoms. The fourth-order valence-corrected chi connectivity index (χ4v) is 2.05. The highest BCUT2D eigenvalue weighted by Crippen LogP contribution is 2.28. The first-order valence-electron chi connectivity index (χ1n) is 6.64. The molecule has 7 nitrogen and oxygen atoms in total. The first-order chi connectivity index (χ1) is 10.5. The third-order valence-corrected chi connectivity index (χ3v) is 3.00. The first-order valence-corrected chi connectivity index (χ1v) is 6.64. The fraction of sp³-hybridized carbons (Fsp3) is 0.267. The van der Waals surface area contributed by atoms with E-state index in [1.54, 1.807) is 0 Å². The van der Waals surface area contributed by atoms with Gasteiger partial charge in [0.05, 0.1) is 24.6 Å². The number of methoxy groups -OCH3 is 1. The van der Waals surface area contributed by atoms with Crippen molar-refractivity contribution in [2.45, 2.75) is 13.3 Å². The average Bonchev–Trinajstić information content (AvgIpc) is 2.62. The van der Waals surface area contributed by atoms with Crippen molar-refractivity contribution in [2.24, 2.45) is 0 Å². The summed E-state index contributed by atoms with van der Waals surface area (Å²) in [7, 11) is 1.32. The maximum Gasteiger partial charge on any atom is 0.352 e. The third-order valence-electron chi connectivity index (χ3n) is 3.00. The lowest BCUT2D eigenvalue weighted by Gasteiger charge is -2.08. The van der Waals surface area contributed by atoms with E-state index < -0.39 is 16.8 Å². The van der Waals surface area contributed by atoms with Crippen LogP contribution in [0.5, 0.6) is 11.5 Å². The zero-order chi connectivity index (χ0) is 16.3. The third kappa shape index (κ3) is 2.78. The molecule has 2 aromatic rings.